The van der Waals surface area contributed by atoms with Crippen molar-refractivity contribution in [3.8, 4) is 11.3 Å². The maximum absolute atomic E-state index is 14.4. The average Bonchev–Trinajstić information content (AvgIpc) is 3.18. The first-order valence-electron chi connectivity index (χ1n) is 8.40. The van der Waals surface area contributed by atoms with E-state index in [0.29, 0.717) is 6.42 Å². The maximum Gasteiger partial charge on any atom is 0.225 e. The Morgan fingerprint density at radius 1 is 1.36 bits per heavy atom. The van der Waals surface area contributed by atoms with Gasteiger partial charge in [-0.1, -0.05) is 6.92 Å². The van der Waals surface area contributed by atoms with E-state index in [1.165, 1.54) is 19.0 Å². The molecule has 1 saturated heterocycles. The number of aromatic amines is 1. The van der Waals surface area contributed by atoms with Crippen LogP contribution in [0.25, 0.3) is 11.3 Å². The average molecular weight is 349 g/mol. The highest BCUT2D eigenvalue weighted by Gasteiger charge is 2.20. The minimum absolute atomic E-state index is 0.00702. The number of nitrogens with zero attached hydrogens (tertiary/aromatic N) is 3. The predicted molar refractivity (Wildman–Crippen MR) is 89.8 cm³/mol. The molecule has 2 N–H and O–H groups in total. The zero-order valence-electron chi connectivity index (χ0n) is 14.1. The van der Waals surface area contributed by atoms with E-state index < -0.39 is 11.6 Å². The number of likely N-dealkylation sites (tertiary alicyclic amines) is 1. The summed E-state index contributed by atoms with van der Waals surface area (Å²) in [5.41, 5.74) is 0.223. The summed E-state index contributed by atoms with van der Waals surface area (Å²) < 4.78 is 27.6. The summed E-state index contributed by atoms with van der Waals surface area (Å²) in [6, 6.07) is 1.15. The topological polar surface area (TPSA) is 73.9 Å². The molecule has 1 unspecified atom stereocenters. The van der Waals surface area contributed by atoms with Gasteiger partial charge in [-0.15, -0.1) is 0 Å². The lowest BCUT2D eigenvalue weighted by atomic mass is 10.1. The molecule has 1 atom stereocenters. The van der Waals surface area contributed by atoms with Gasteiger partial charge in [-0.3, -0.25) is 14.9 Å². The first kappa shape index (κ1) is 17.5. The van der Waals surface area contributed by atoms with Crippen LogP contribution in [0.5, 0.6) is 0 Å². The van der Waals surface area contributed by atoms with Gasteiger partial charge < -0.3 is 10.2 Å². The standard InChI is InChI=1S/C17H21F2N5O/c1-11(10-24-4-2-3-5-24)6-14(25)21-17-15(19)16(22-23-17)12-7-13(18)9-20-8-12/h7-9,11H,2-6,10H2,1H3,(H2,21,22,23,25). The number of pyridine rings is 1. The molecule has 25 heavy (non-hydrogen) atoms. The van der Waals surface area contributed by atoms with E-state index in [0.717, 1.165) is 31.9 Å². The third-order valence-corrected chi connectivity index (χ3v) is 4.26. The first-order valence-corrected chi connectivity index (χ1v) is 8.40. The Kier molecular flexibility index (Phi) is 5.37. The van der Waals surface area contributed by atoms with Crippen molar-refractivity contribution in [2.24, 2.45) is 5.92 Å². The third kappa shape index (κ3) is 4.39. The molecule has 1 aliphatic heterocycles. The second-order valence-corrected chi connectivity index (χ2v) is 6.52. The number of anilines is 1. The molecule has 0 aromatic carbocycles. The predicted octanol–water partition coefficient (Wildman–Crippen LogP) is 2.81. The molecular weight excluding hydrogens is 328 g/mol. The molecule has 0 radical (unpaired) electrons. The van der Waals surface area contributed by atoms with Crippen LogP contribution in [-0.2, 0) is 4.79 Å². The van der Waals surface area contributed by atoms with Crippen LogP contribution in [0.3, 0.4) is 0 Å². The van der Waals surface area contributed by atoms with Gasteiger partial charge in [-0.2, -0.15) is 5.10 Å². The summed E-state index contributed by atoms with van der Waals surface area (Å²) in [5.74, 6) is -1.61. The Morgan fingerprint density at radius 2 is 2.12 bits per heavy atom. The number of carbonyl (C=O) groups excluding carboxylic acids is 1. The number of halogens is 2. The van der Waals surface area contributed by atoms with Crippen LogP contribution in [0.1, 0.15) is 26.2 Å². The molecule has 0 spiro atoms. The lowest BCUT2D eigenvalue weighted by molar-refractivity contribution is -0.117. The van der Waals surface area contributed by atoms with Crippen molar-refractivity contribution >= 4 is 11.7 Å². The highest BCUT2D eigenvalue weighted by molar-refractivity contribution is 5.90. The molecule has 0 bridgehead atoms. The van der Waals surface area contributed by atoms with Crippen molar-refractivity contribution in [1.82, 2.24) is 20.1 Å². The second-order valence-electron chi connectivity index (χ2n) is 6.52. The van der Waals surface area contributed by atoms with Crippen LogP contribution in [-0.4, -0.2) is 45.6 Å². The van der Waals surface area contributed by atoms with Gasteiger partial charge in [-0.25, -0.2) is 8.78 Å². The fourth-order valence-corrected chi connectivity index (χ4v) is 3.12. The van der Waals surface area contributed by atoms with E-state index in [1.807, 2.05) is 6.92 Å². The molecular formula is C17H21F2N5O. The summed E-state index contributed by atoms with van der Waals surface area (Å²) in [6.45, 7) is 5.01. The Balaban J connectivity index is 1.60. The largest absolute Gasteiger partial charge is 0.307 e. The smallest absolute Gasteiger partial charge is 0.225 e. The minimum atomic E-state index is -0.729. The van der Waals surface area contributed by atoms with Crippen molar-refractivity contribution in [1.29, 1.82) is 0 Å². The van der Waals surface area contributed by atoms with Gasteiger partial charge in [-0.05, 0) is 37.9 Å². The van der Waals surface area contributed by atoms with Gasteiger partial charge in [0.15, 0.2) is 11.6 Å². The number of hydrogen-bond acceptors (Lipinski definition) is 4. The van der Waals surface area contributed by atoms with Crippen LogP contribution < -0.4 is 5.32 Å². The molecule has 0 aliphatic carbocycles. The summed E-state index contributed by atoms with van der Waals surface area (Å²) >= 11 is 0. The zero-order valence-corrected chi connectivity index (χ0v) is 14.1. The van der Waals surface area contributed by atoms with Crippen molar-refractivity contribution in [3.63, 3.8) is 0 Å². The molecule has 6 nitrogen and oxygen atoms in total. The Bertz CT molecular complexity index is 742. The number of hydrogen-bond donors (Lipinski definition) is 2. The summed E-state index contributed by atoms with van der Waals surface area (Å²) in [6.07, 6.45) is 5.05. The van der Waals surface area contributed by atoms with Crippen molar-refractivity contribution < 1.29 is 13.6 Å². The van der Waals surface area contributed by atoms with E-state index in [9.17, 15) is 13.6 Å². The fourth-order valence-electron chi connectivity index (χ4n) is 3.12. The lowest BCUT2D eigenvalue weighted by Crippen LogP contribution is -2.28. The van der Waals surface area contributed by atoms with Gasteiger partial charge in [0, 0.05) is 24.7 Å². The van der Waals surface area contributed by atoms with E-state index in [2.05, 4.69) is 25.4 Å². The van der Waals surface area contributed by atoms with Gasteiger partial charge >= 0.3 is 0 Å². The molecule has 8 heteroatoms. The van der Waals surface area contributed by atoms with Crippen molar-refractivity contribution in [3.05, 3.63) is 30.1 Å². The maximum atomic E-state index is 14.4. The summed E-state index contributed by atoms with van der Waals surface area (Å²) in [7, 11) is 0. The SMILES string of the molecule is CC(CC(=O)Nc1n[nH]c(-c2cncc(F)c2)c1F)CN1CCCC1. The van der Waals surface area contributed by atoms with Gasteiger partial charge in [0.25, 0.3) is 0 Å². The van der Waals surface area contributed by atoms with Gasteiger partial charge in [0.05, 0.1) is 6.20 Å². The number of amides is 1. The number of carbonyl (C=O) groups is 1. The molecule has 2 aromatic rings. The normalized spacial score (nSPS) is 16.1. The number of H-pyrrole nitrogens is 1. The monoisotopic (exact) mass is 349 g/mol. The molecule has 134 valence electrons. The lowest BCUT2D eigenvalue weighted by Gasteiger charge is -2.19. The van der Waals surface area contributed by atoms with Crippen LogP contribution in [0.2, 0.25) is 0 Å². The number of rotatable bonds is 6. The quantitative estimate of drug-likeness (QED) is 0.841. The molecule has 1 aliphatic rings. The molecule has 1 amide bonds. The Hall–Kier alpha value is -2.35. The first-order chi connectivity index (χ1) is 12.0. The van der Waals surface area contributed by atoms with Crippen LogP contribution >= 0.6 is 0 Å². The third-order valence-electron chi connectivity index (χ3n) is 4.26. The second kappa shape index (κ2) is 7.69. The molecule has 3 heterocycles. The number of aromatic nitrogens is 3. The fraction of sp³-hybridized carbons (Fsp3) is 0.471. The Labute approximate surface area is 144 Å². The van der Waals surface area contributed by atoms with Crippen molar-refractivity contribution in [2.45, 2.75) is 26.2 Å². The van der Waals surface area contributed by atoms with Crippen LogP contribution in [0.4, 0.5) is 14.6 Å². The van der Waals surface area contributed by atoms with Gasteiger partial charge in [0.1, 0.15) is 11.5 Å². The Morgan fingerprint density at radius 3 is 2.84 bits per heavy atom. The summed E-state index contributed by atoms with van der Waals surface area (Å²) in [4.78, 5) is 18.1. The highest BCUT2D eigenvalue weighted by atomic mass is 19.1. The summed E-state index contributed by atoms with van der Waals surface area (Å²) in [5, 5.41) is 8.74. The van der Waals surface area contributed by atoms with Crippen molar-refractivity contribution in [2.75, 3.05) is 25.0 Å². The molecule has 0 saturated carbocycles. The van der Waals surface area contributed by atoms with Gasteiger partial charge in [0.2, 0.25) is 5.91 Å². The zero-order chi connectivity index (χ0) is 17.8. The minimum Gasteiger partial charge on any atom is -0.307 e. The van der Waals surface area contributed by atoms with E-state index >= 15 is 0 Å². The molecule has 1 fully saturated rings. The van der Waals surface area contributed by atoms with E-state index in [1.54, 1.807) is 0 Å². The van der Waals surface area contributed by atoms with Crippen LogP contribution in [0, 0.1) is 17.6 Å². The number of nitrogens with one attached hydrogen (secondary N) is 2. The molecule has 2 aromatic heterocycles. The van der Waals surface area contributed by atoms with Crippen LogP contribution in [0.15, 0.2) is 18.5 Å². The highest BCUT2D eigenvalue weighted by Crippen LogP contribution is 2.25. The molecule has 3 rings (SSSR count). The van der Waals surface area contributed by atoms with E-state index in [-0.39, 0.29) is 28.9 Å². The van der Waals surface area contributed by atoms with E-state index in [4.69, 9.17) is 0 Å².